The van der Waals surface area contributed by atoms with E-state index in [-0.39, 0.29) is 18.1 Å². The van der Waals surface area contributed by atoms with Crippen molar-refractivity contribution >= 4 is 17.5 Å². The predicted molar refractivity (Wildman–Crippen MR) is 97.9 cm³/mol. The molecule has 0 saturated heterocycles. The van der Waals surface area contributed by atoms with E-state index >= 15 is 0 Å². The van der Waals surface area contributed by atoms with Crippen molar-refractivity contribution in [3.05, 3.63) is 65.5 Å². The first-order chi connectivity index (χ1) is 12.7. The van der Waals surface area contributed by atoms with E-state index in [1.165, 1.54) is 18.9 Å². The Morgan fingerprint density at radius 2 is 2.00 bits per heavy atom. The van der Waals surface area contributed by atoms with Crippen LogP contribution in [-0.4, -0.2) is 28.8 Å². The van der Waals surface area contributed by atoms with E-state index in [1.54, 1.807) is 18.2 Å². The Bertz CT molecular complexity index is 895. The zero-order chi connectivity index (χ0) is 18.4. The van der Waals surface area contributed by atoms with E-state index < -0.39 is 0 Å². The summed E-state index contributed by atoms with van der Waals surface area (Å²) in [6.45, 7) is 2.17. The van der Waals surface area contributed by atoms with Crippen LogP contribution in [0.3, 0.4) is 0 Å². The Morgan fingerprint density at radius 3 is 2.81 bits per heavy atom. The number of thioether (sulfide) groups is 1. The molecule has 1 aromatic heterocycles. The number of methoxy groups -OCH3 is 1. The largest absolute Gasteiger partial charge is 0.496 e. The van der Waals surface area contributed by atoms with Crippen LogP contribution < -0.4 is 9.47 Å². The normalized spacial score (nSPS) is 10.5. The monoisotopic (exact) mass is 370 g/mol. The molecule has 7 heteroatoms. The maximum Gasteiger partial charge on any atom is 0.277 e. The fraction of sp³-hybridized carbons (Fsp3) is 0.211. The van der Waals surface area contributed by atoms with Crippen LogP contribution >= 0.6 is 11.8 Å². The quantitative estimate of drug-likeness (QED) is 0.439. The molecule has 0 amide bonds. The number of Topliss-reactive ketones (excluding diaryl/α,β-unsaturated/α-hetero) is 1. The number of hydrogen-bond acceptors (Lipinski definition) is 7. The van der Waals surface area contributed by atoms with Gasteiger partial charge in [-0.1, -0.05) is 36.0 Å². The third-order valence-corrected chi connectivity index (χ3v) is 4.35. The molecular formula is C19H18N2O4S. The molecule has 0 fully saturated rings. The number of nitrogens with zero attached hydrogens (tertiary/aromatic N) is 2. The number of aryl methyl sites for hydroxylation is 1. The van der Waals surface area contributed by atoms with Gasteiger partial charge in [-0.05, 0) is 36.8 Å². The molecule has 0 atom stereocenters. The number of aromatic nitrogens is 2. The second kappa shape index (κ2) is 8.53. The third-order valence-electron chi connectivity index (χ3n) is 3.53. The van der Waals surface area contributed by atoms with E-state index in [0.717, 1.165) is 11.3 Å². The molecule has 0 unspecified atom stereocenters. The first-order valence-electron chi connectivity index (χ1n) is 7.96. The van der Waals surface area contributed by atoms with Gasteiger partial charge in [0.1, 0.15) is 11.5 Å². The molecule has 0 aliphatic carbocycles. The second-order valence-electron chi connectivity index (χ2n) is 5.48. The Labute approximate surface area is 155 Å². The van der Waals surface area contributed by atoms with Gasteiger partial charge in [0.2, 0.25) is 0 Å². The zero-order valence-electron chi connectivity index (χ0n) is 14.5. The lowest BCUT2D eigenvalue weighted by Gasteiger charge is -2.05. The summed E-state index contributed by atoms with van der Waals surface area (Å²) in [4.78, 5) is 12.3. The molecular weight excluding hydrogens is 352 g/mol. The molecule has 134 valence electrons. The summed E-state index contributed by atoms with van der Waals surface area (Å²) in [5, 5.41) is 8.21. The van der Waals surface area contributed by atoms with Crippen molar-refractivity contribution in [2.75, 3.05) is 12.9 Å². The first kappa shape index (κ1) is 18.0. The Morgan fingerprint density at radius 1 is 1.15 bits per heavy atom. The summed E-state index contributed by atoms with van der Waals surface area (Å²) in [5.74, 6) is 1.77. The van der Waals surface area contributed by atoms with Crippen molar-refractivity contribution in [3.8, 4) is 11.5 Å². The molecule has 3 rings (SSSR count). The standard InChI is InChI=1S/C19H18N2O4S/c1-13-6-5-7-14(10-13)24-11-18-20-21-19(25-18)26-12-16(22)15-8-3-4-9-17(15)23-2/h3-10H,11-12H2,1-2H3. The molecule has 0 spiro atoms. The van der Waals surface area contributed by atoms with Crippen LogP contribution in [0.25, 0.3) is 0 Å². The summed E-state index contributed by atoms with van der Waals surface area (Å²) < 4.78 is 16.3. The number of carbonyl (C=O) groups is 1. The molecule has 2 aromatic carbocycles. The maximum atomic E-state index is 12.3. The lowest BCUT2D eigenvalue weighted by molar-refractivity contribution is 0.101. The van der Waals surface area contributed by atoms with Gasteiger partial charge in [-0.3, -0.25) is 4.79 Å². The van der Waals surface area contributed by atoms with Gasteiger partial charge in [0.25, 0.3) is 11.1 Å². The minimum absolute atomic E-state index is 0.0665. The average molecular weight is 370 g/mol. The van der Waals surface area contributed by atoms with Crippen LogP contribution in [0, 0.1) is 6.92 Å². The van der Waals surface area contributed by atoms with Gasteiger partial charge in [0, 0.05) is 0 Å². The van der Waals surface area contributed by atoms with Crippen molar-refractivity contribution < 1.29 is 18.7 Å². The van der Waals surface area contributed by atoms with Crippen molar-refractivity contribution in [3.63, 3.8) is 0 Å². The van der Waals surface area contributed by atoms with Crippen LogP contribution in [0.2, 0.25) is 0 Å². The molecule has 6 nitrogen and oxygen atoms in total. The lowest BCUT2D eigenvalue weighted by atomic mass is 10.1. The molecule has 3 aromatic rings. The fourth-order valence-corrected chi connectivity index (χ4v) is 2.95. The van der Waals surface area contributed by atoms with Crippen molar-refractivity contribution in [2.45, 2.75) is 18.8 Å². The number of para-hydroxylation sites is 1. The number of benzene rings is 2. The van der Waals surface area contributed by atoms with Crippen molar-refractivity contribution in [2.24, 2.45) is 0 Å². The Kier molecular flexibility index (Phi) is 5.91. The summed E-state index contributed by atoms with van der Waals surface area (Å²) in [7, 11) is 1.54. The van der Waals surface area contributed by atoms with Crippen molar-refractivity contribution in [1.82, 2.24) is 10.2 Å². The highest BCUT2D eigenvalue weighted by atomic mass is 32.2. The number of carbonyl (C=O) groups excluding carboxylic acids is 1. The summed E-state index contributed by atoms with van der Waals surface area (Å²) in [5.41, 5.74) is 1.64. The van der Waals surface area contributed by atoms with Gasteiger partial charge in [0.15, 0.2) is 12.4 Å². The smallest absolute Gasteiger partial charge is 0.277 e. The van der Waals surface area contributed by atoms with Crippen molar-refractivity contribution in [1.29, 1.82) is 0 Å². The number of ether oxygens (including phenoxy) is 2. The molecule has 26 heavy (non-hydrogen) atoms. The highest BCUT2D eigenvalue weighted by molar-refractivity contribution is 7.99. The Hall–Kier alpha value is -2.80. The molecule has 0 bridgehead atoms. The van der Waals surface area contributed by atoms with Crippen LogP contribution in [0.15, 0.2) is 58.2 Å². The first-order valence-corrected chi connectivity index (χ1v) is 8.95. The van der Waals surface area contributed by atoms with Gasteiger partial charge in [-0.15, -0.1) is 10.2 Å². The number of ketones is 1. The van der Waals surface area contributed by atoms with Gasteiger partial charge in [0.05, 0.1) is 18.4 Å². The molecule has 1 heterocycles. The molecule has 0 radical (unpaired) electrons. The van der Waals surface area contributed by atoms with Gasteiger partial charge < -0.3 is 13.9 Å². The van der Waals surface area contributed by atoms with Gasteiger partial charge in [-0.25, -0.2) is 0 Å². The number of hydrogen-bond donors (Lipinski definition) is 0. The minimum atomic E-state index is -0.0665. The lowest BCUT2D eigenvalue weighted by Crippen LogP contribution is -2.04. The Balaban J connectivity index is 1.54. The SMILES string of the molecule is COc1ccccc1C(=O)CSc1nnc(COc2cccc(C)c2)o1. The fourth-order valence-electron chi connectivity index (χ4n) is 2.29. The topological polar surface area (TPSA) is 74.5 Å². The van der Waals surface area contributed by atoms with E-state index in [0.29, 0.717) is 22.4 Å². The average Bonchev–Trinajstić information content (AvgIpc) is 3.12. The van der Waals surface area contributed by atoms with Crippen LogP contribution in [0.5, 0.6) is 11.5 Å². The molecule has 0 aliphatic rings. The summed E-state index contributed by atoms with van der Waals surface area (Å²) in [6.07, 6.45) is 0. The van der Waals surface area contributed by atoms with E-state index in [1.807, 2.05) is 37.3 Å². The molecule has 0 N–H and O–H groups in total. The van der Waals surface area contributed by atoms with Crippen LogP contribution in [0.4, 0.5) is 0 Å². The molecule has 0 saturated carbocycles. The number of rotatable bonds is 8. The van der Waals surface area contributed by atoms with E-state index in [4.69, 9.17) is 13.9 Å². The summed E-state index contributed by atoms with van der Waals surface area (Å²) >= 11 is 1.19. The highest BCUT2D eigenvalue weighted by Gasteiger charge is 2.14. The van der Waals surface area contributed by atoms with Crippen LogP contribution in [-0.2, 0) is 6.61 Å². The van der Waals surface area contributed by atoms with Gasteiger partial charge in [-0.2, -0.15) is 0 Å². The van der Waals surface area contributed by atoms with Crippen LogP contribution in [0.1, 0.15) is 21.8 Å². The van der Waals surface area contributed by atoms with E-state index in [2.05, 4.69) is 10.2 Å². The second-order valence-corrected chi connectivity index (χ2v) is 6.41. The maximum absolute atomic E-state index is 12.3. The van der Waals surface area contributed by atoms with E-state index in [9.17, 15) is 4.79 Å². The predicted octanol–water partition coefficient (Wildman–Crippen LogP) is 3.94. The summed E-state index contributed by atoms with van der Waals surface area (Å²) in [6, 6.07) is 14.8. The third kappa shape index (κ3) is 4.64. The molecule has 0 aliphatic heterocycles. The highest BCUT2D eigenvalue weighted by Crippen LogP contribution is 2.23. The zero-order valence-corrected chi connectivity index (χ0v) is 15.3. The minimum Gasteiger partial charge on any atom is -0.496 e. The van der Waals surface area contributed by atoms with Gasteiger partial charge >= 0.3 is 0 Å².